The molecule has 1 atom stereocenters. The van der Waals surface area contributed by atoms with E-state index in [-0.39, 0.29) is 11.5 Å². The highest BCUT2D eigenvalue weighted by atomic mass is 32.2. The van der Waals surface area contributed by atoms with Gasteiger partial charge in [-0.25, -0.2) is 8.42 Å². The van der Waals surface area contributed by atoms with E-state index in [1.54, 1.807) is 4.31 Å². The maximum atomic E-state index is 13.5. The van der Waals surface area contributed by atoms with E-state index in [0.29, 0.717) is 11.4 Å². The third-order valence-corrected chi connectivity index (χ3v) is 9.70. The Bertz CT molecular complexity index is 1050. The van der Waals surface area contributed by atoms with Crippen molar-refractivity contribution in [3.05, 3.63) is 59.9 Å². The molecule has 1 aromatic heterocycles. The molecule has 184 valence electrons. The highest BCUT2D eigenvalue weighted by molar-refractivity contribution is 7.89. The van der Waals surface area contributed by atoms with Crippen molar-refractivity contribution in [2.24, 2.45) is 0 Å². The van der Waals surface area contributed by atoms with Crippen LogP contribution in [-0.4, -0.2) is 92.6 Å². The fourth-order valence-corrected chi connectivity index (χ4v) is 7.02. The van der Waals surface area contributed by atoms with Crippen molar-refractivity contribution in [1.82, 2.24) is 19.1 Å². The first-order valence-corrected chi connectivity index (χ1v) is 13.9. The summed E-state index contributed by atoms with van der Waals surface area (Å²) in [5, 5.41) is 0. The van der Waals surface area contributed by atoms with Gasteiger partial charge in [0.2, 0.25) is 10.0 Å². The first kappa shape index (κ1) is 23.9. The molecule has 0 bridgehead atoms. The molecule has 0 amide bonds. The topological polar surface area (TPSA) is 66.0 Å². The molecule has 5 rings (SSSR count). The third-order valence-electron chi connectivity index (χ3n) is 7.67. The Kier molecular flexibility index (Phi) is 7.04. The van der Waals surface area contributed by atoms with Crippen LogP contribution < -0.4 is 0 Å². The zero-order valence-electron chi connectivity index (χ0n) is 20.1. The van der Waals surface area contributed by atoms with Crippen molar-refractivity contribution < 1.29 is 13.2 Å². The number of rotatable bonds is 8. The van der Waals surface area contributed by atoms with Crippen LogP contribution in [0.2, 0.25) is 0 Å². The smallest absolute Gasteiger partial charge is 0.243 e. The molecule has 1 aliphatic carbocycles. The van der Waals surface area contributed by atoms with Gasteiger partial charge in [0.1, 0.15) is 0 Å². The predicted molar refractivity (Wildman–Crippen MR) is 132 cm³/mol. The van der Waals surface area contributed by atoms with Gasteiger partial charge in [-0.15, -0.1) is 0 Å². The highest BCUT2D eigenvalue weighted by Crippen LogP contribution is 2.49. The Labute approximate surface area is 203 Å². The van der Waals surface area contributed by atoms with E-state index in [1.807, 2.05) is 43.6 Å². The average molecular weight is 485 g/mol. The first-order chi connectivity index (χ1) is 16.5. The standard InChI is InChI=1S/C26H36N4O3S/c1-22-20-28(13-8-23-6-11-27-12-7-23)14-15-30(22)34(31,32)25-4-2-24(3-5-25)26(9-10-26)21-29-16-18-33-19-17-29/h2-7,11-12,22H,8-10,13-21H2,1H3/t22-/m1/s1. The number of hydrogen-bond acceptors (Lipinski definition) is 6. The van der Waals surface area contributed by atoms with Crippen LogP contribution in [-0.2, 0) is 26.6 Å². The van der Waals surface area contributed by atoms with E-state index in [0.717, 1.165) is 58.9 Å². The number of benzene rings is 1. The largest absolute Gasteiger partial charge is 0.379 e. The van der Waals surface area contributed by atoms with Crippen molar-refractivity contribution in [2.45, 2.75) is 42.5 Å². The van der Waals surface area contributed by atoms with E-state index in [4.69, 9.17) is 4.74 Å². The van der Waals surface area contributed by atoms with Crippen LogP contribution in [0.3, 0.4) is 0 Å². The van der Waals surface area contributed by atoms with Gasteiger partial charge in [0, 0.05) is 69.7 Å². The number of piperazine rings is 1. The summed E-state index contributed by atoms with van der Waals surface area (Å²) in [5.41, 5.74) is 2.72. The second kappa shape index (κ2) is 10.0. The van der Waals surface area contributed by atoms with Crippen molar-refractivity contribution in [2.75, 3.05) is 59.0 Å². The van der Waals surface area contributed by atoms with Gasteiger partial charge < -0.3 is 9.64 Å². The number of aromatic nitrogens is 1. The monoisotopic (exact) mass is 484 g/mol. The van der Waals surface area contributed by atoms with E-state index in [1.165, 1.54) is 24.0 Å². The summed E-state index contributed by atoms with van der Waals surface area (Å²) in [6.45, 7) is 9.63. The van der Waals surface area contributed by atoms with Gasteiger partial charge in [0.05, 0.1) is 18.1 Å². The van der Waals surface area contributed by atoms with E-state index < -0.39 is 10.0 Å². The molecule has 2 saturated heterocycles. The van der Waals surface area contributed by atoms with Crippen molar-refractivity contribution in [3.63, 3.8) is 0 Å². The van der Waals surface area contributed by atoms with Crippen molar-refractivity contribution in [1.29, 1.82) is 0 Å². The van der Waals surface area contributed by atoms with Gasteiger partial charge in [0.15, 0.2) is 0 Å². The van der Waals surface area contributed by atoms with Crippen LogP contribution in [0.5, 0.6) is 0 Å². The Balaban J connectivity index is 1.20. The molecule has 1 saturated carbocycles. The minimum atomic E-state index is -3.50. The molecular weight excluding hydrogens is 448 g/mol. The summed E-state index contributed by atoms with van der Waals surface area (Å²) in [6, 6.07) is 11.8. The number of hydrogen-bond donors (Lipinski definition) is 0. The number of ether oxygens (including phenoxy) is 1. The number of pyridine rings is 1. The Hall–Kier alpha value is -1.84. The lowest BCUT2D eigenvalue weighted by atomic mass is 9.95. The van der Waals surface area contributed by atoms with Crippen LogP contribution >= 0.6 is 0 Å². The molecular formula is C26H36N4O3S. The van der Waals surface area contributed by atoms with Crippen LogP contribution in [0.4, 0.5) is 0 Å². The Morgan fingerprint density at radius 3 is 2.32 bits per heavy atom. The molecule has 3 fully saturated rings. The zero-order valence-corrected chi connectivity index (χ0v) is 20.9. The third kappa shape index (κ3) is 5.21. The number of sulfonamides is 1. The maximum absolute atomic E-state index is 13.5. The van der Waals surface area contributed by atoms with Gasteiger partial charge in [-0.1, -0.05) is 12.1 Å². The minimum Gasteiger partial charge on any atom is -0.379 e. The van der Waals surface area contributed by atoms with Crippen LogP contribution in [0.25, 0.3) is 0 Å². The van der Waals surface area contributed by atoms with Crippen molar-refractivity contribution >= 4 is 10.0 Å². The lowest BCUT2D eigenvalue weighted by Crippen LogP contribution is -2.54. The molecule has 8 heteroatoms. The maximum Gasteiger partial charge on any atom is 0.243 e. The Morgan fingerprint density at radius 1 is 0.971 bits per heavy atom. The summed E-state index contributed by atoms with van der Waals surface area (Å²) < 4.78 is 34.1. The quantitative estimate of drug-likeness (QED) is 0.573. The van der Waals surface area contributed by atoms with E-state index in [9.17, 15) is 8.42 Å². The molecule has 0 unspecified atom stereocenters. The number of nitrogens with zero attached hydrogens (tertiary/aromatic N) is 4. The summed E-state index contributed by atoms with van der Waals surface area (Å²) in [6.07, 6.45) is 6.95. The van der Waals surface area contributed by atoms with Gasteiger partial charge in [-0.3, -0.25) is 9.88 Å². The predicted octanol–water partition coefficient (Wildman–Crippen LogP) is 2.38. The molecule has 0 N–H and O–H groups in total. The second-order valence-electron chi connectivity index (χ2n) is 10.1. The van der Waals surface area contributed by atoms with Gasteiger partial charge >= 0.3 is 0 Å². The summed E-state index contributed by atoms with van der Waals surface area (Å²) >= 11 is 0. The van der Waals surface area contributed by atoms with Crippen LogP contribution in [0, 0.1) is 0 Å². The molecule has 34 heavy (non-hydrogen) atoms. The molecule has 0 spiro atoms. The Morgan fingerprint density at radius 2 is 1.68 bits per heavy atom. The van der Waals surface area contributed by atoms with Crippen LogP contribution in [0.15, 0.2) is 53.7 Å². The molecule has 1 aromatic carbocycles. The number of morpholine rings is 1. The fourth-order valence-electron chi connectivity index (χ4n) is 5.41. The van der Waals surface area contributed by atoms with E-state index in [2.05, 4.69) is 26.9 Å². The summed E-state index contributed by atoms with van der Waals surface area (Å²) in [4.78, 5) is 9.33. The average Bonchev–Trinajstić information content (AvgIpc) is 3.64. The molecule has 3 heterocycles. The second-order valence-corrected chi connectivity index (χ2v) is 12.0. The highest BCUT2D eigenvalue weighted by Gasteiger charge is 2.45. The van der Waals surface area contributed by atoms with Crippen molar-refractivity contribution in [3.8, 4) is 0 Å². The normalized spacial score (nSPS) is 24.2. The summed E-state index contributed by atoms with van der Waals surface area (Å²) in [5.74, 6) is 0. The fraction of sp³-hybridized carbons (Fsp3) is 0.577. The lowest BCUT2D eigenvalue weighted by molar-refractivity contribution is 0.0336. The molecule has 7 nitrogen and oxygen atoms in total. The molecule has 3 aliphatic rings. The van der Waals surface area contributed by atoms with Crippen LogP contribution in [0.1, 0.15) is 30.9 Å². The molecule has 0 radical (unpaired) electrons. The minimum absolute atomic E-state index is 0.0491. The van der Waals surface area contributed by atoms with Gasteiger partial charge in [0.25, 0.3) is 0 Å². The zero-order chi connectivity index (χ0) is 23.6. The van der Waals surface area contributed by atoms with Gasteiger partial charge in [-0.05, 0) is 61.6 Å². The molecule has 2 aliphatic heterocycles. The van der Waals surface area contributed by atoms with E-state index >= 15 is 0 Å². The SMILES string of the molecule is C[C@@H]1CN(CCc2ccncc2)CCN1S(=O)(=O)c1ccc(C2(CN3CCOCC3)CC2)cc1. The van der Waals surface area contributed by atoms with Gasteiger partial charge in [-0.2, -0.15) is 4.31 Å². The molecule has 2 aromatic rings. The first-order valence-electron chi connectivity index (χ1n) is 12.5. The lowest BCUT2D eigenvalue weighted by Gasteiger charge is -2.39. The summed E-state index contributed by atoms with van der Waals surface area (Å²) in [7, 11) is -3.50.